The summed E-state index contributed by atoms with van der Waals surface area (Å²) in [7, 11) is 0. The van der Waals surface area contributed by atoms with Crippen molar-refractivity contribution >= 4 is 6.03 Å². The average molecular weight is 283 g/mol. The van der Waals surface area contributed by atoms with E-state index in [0.29, 0.717) is 12.3 Å². The zero-order valence-electron chi connectivity index (χ0n) is 12.0. The maximum absolute atomic E-state index is 12.0. The minimum absolute atomic E-state index is 0.218. The molecule has 5 heteroatoms. The normalized spacial score (nSPS) is 9.86. The fourth-order valence-corrected chi connectivity index (χ4v) is 1.57. The molecule has 0 aliphatic heterocycles. The van der Waals surface area contributed by atoms with Gasteiger partial charge >= 0.3 is 12.0 Å². The Hall–Kier alpha value is -2.74. The van der Waals surface area contributed by atoms with Crippen LogP contribution in [-0.2, 0) is 0 Å². The zero-order valence-corrected chi connectivity index (χ0v) is 12.0. The van der Waals surface area contributed by atoms with Gasteiger partial charge in [0.2, 0.25) is 0 Å². The van der Waals surface area contributed by atoms with Gasteiger partial charge in [0, 0.05) is 18.3 Å². The molecule has 0 saturated carbocycles. The van der Waals surface area contributed by atoms with Crippen LogP contribution >= 0.6 is 0 Å². The highest BCUT2D eigenvalue weighted by atomic mass is 16.5. The predicted molar refractivity (Wildman–Crippen MR) is 80.2 cm³/mol. The molecule has 2 aromatic rings. The van der Waals surface area contributed by atoms with Crippen LogP contribution in [0.4, 0.5) is 4.79 Å². The summed E-state index contributed by atoms with van der Waals surface area (Å²) in [6.45, 7) is 4.28. The van der Waals surface area contributed by atoms with Gasteiger partial charge in [-0.2, -0.15) is 0 Å². The van der Waals surface area contributed by atoms with Crippen LogP contribution in [0.5, 0.6) is 11.8 Å². The first kappa shape index (κ1) is 14.7. The van der Waals surface area contributed by atoms with Crippen LogP contribution in [0.1, 0.15) is 13.8 Å². The molecule has 0 aliphatic carbocycles. The monoisotopic (exact) mass is 283 g/mol. The van der Waals surface area contributed by atoms with Crippen LogP contribution in [0.15, 0.2) is 42.7 Å². The first-order valence-corrected chi connectivity index (χ1v) is 6.69. The summed E-state index contributed by atoms with van der Waals surface area (Å²) in [5.41, 5.74) is 0. The van der Waals surface area contributed by atoms with E-state index in [2.05, 4.69) is 22.1 Å². The molecule has 0 spiro atoms. The van der Waals surface area contributed by atoms with Crippen LogP contribution in [-0.4, -0.2) is 22.1 Å². The predicted octanol–water partition coefficient (Wildman–Crippen LogP) is 2.89. The van der Waals surface area contributed by atoms with Gasteiger partial charge in [-0.1, -0.05) is 43.9 Å². The standard InChI is InChI=1S/C16H17N3O2/c1-13(2)7-6-10-17-15(20)19-12-11-18-16(19)21-14-8-4-3-5-9-14/h3-5,8-9,11-13H,10H2,1-2H3,(H,17,20). The second-order valence-electron chi connectivity index (χ2n) is 4.63. The largest absolute Gasteiger partial charge is 0.425 e. The summed E-state index contributed by atoms with van der Waals surface area (Å²) in [5.74, 6) is 6.78. The van der Waals surface area contributed by atoms with Gasteiger partial charge in [0.05, 0.1) is 6.54 Å². The summed E-state index contributed by atoms with van der Waals surface area (Å²) in [6.07, 6.45) is 3.06. The van der Waals surface area contributed by atoms with E-state index in [4.69, 9.17) is 4.74 Å². The maximum Gasteiger partial charge on any atom is 0.330 e. The molecule has 1 amide bonds. The van der Waals surface area contributed by atoms with Crippen molar-refractivity contribution in [2.75, 3.05) is 6.54 Å². The van der Waals surface area contributed by atoms with Crippen molar-refractivity contribution in [3.8, 4) is 23.6 Å². The highest BCUT2D eigenvalue weighted by Crippen LogP contribution is 2.18. The molecule has 0 bridgehead atoms. The van der Waals surface area contributed by atoms with Crippen LogP contribution in [0.2, 0.25) is 0 Å². The van der Waals surface area contributed by atoms with Gasteiger partial charge < -0.3 is 10.1 Å². The third-order valence-corrected chi connectivity index (χ3v) is 2.50. The van der Waals surface area contributed by atoms with Gasteiger partial charge in [-0.25, -0.2) is 14.3 Å². The molecule has 0 unspecified atom stereocenters. The molecule has 2 rings (SSSR count). The van der Waals surface area contributed by atoms with Crippen LogP contribution in [0, 0.1) is 17.8 Å². The van der Waals surface area contributed by atoms with Crippen molar-refractivity contribution in [2.45, 2.75) is 13.8 Å². The molecule has 1 heterocycles. The summed E-state index contributed by atoms with van der Waals surface area (Å²) >= 11 is 0. The Morgan fingerprint density at radius 3 is 2.86 bits per heavy atom. The second kappa shape index (κ2) is 7.15. The number of benzene rings is 1. The lowest BCUT2D eigenvalue weighted by molar-refractivity contribution is 0.240. The van der Waals surface area contributed by atoms with Crippen LogP contribution < -0.4 is 10.1 Å². The second-order valence-corrected chi connectivity index (χ2v) is 4.63. The van der Waals surface area contributed by atoms with E-state index in [9.17, 15) is 4.79 Å². The lowest BCUT2D eigenvalue weighted by Crippen LogP contribution is -2.28. The number of rotatable bonds is 3. The molecule has 1 N–H and O–H groups in total. The number of amides is 1. The van der Waals surface area contributed by atoms with Crippen LogP contribution in [0.25, 0.3) is 0 Å². The smallest absolute Gasteiger partial charge is 0.330 e. The Kier molecular flexibility index (Phi) is 4.99. The van der Waals surface area contributed by atoms with E-state index in [1.807, 2.05) is 32.0 Å². The number of para-hydroxylation sites is 1. The molecule has 0 aliphatic rings. The molecule has 1 aromatic carbocycles. The molecule has 5 nitrogen and oxygen atoms in total. The summed E-state index contributed by atoms with van der Waals surface area (Å²) < 4.78 is 6.88. The van der Waals surface area contributed by atoms with Crippen molar-refractivity contribution in [3.63, 3.8) is 0 Å². The molecule has 1 aromatic heterocycles. The van der Waals surface area contributed by atoms with Gasteiger partial charge in [0.15, 0.2) is 0 Å². The van der Waals surface area contributed by atoms with Crippen molar-refractivity contribution in [1.29, 1.82) is 0 Å². The van der Waals surface area contributed by atoms with Crippen molar-refractivity contribution < 1.29 is 9.53 Å². The number of nitrogens with zero attached hydrogens (tertiary/aromatic N) is 2. The first-order valence-electron chi connectivity index (χ1n) is 6.69. The Morgan fingerprint density at radius 2 is 2.14 bits per heavy atom. The summed E-state index contributed by atoms with van der Waals surface area (Å²) in [5, 5.41) is 2.70. The number of hydrogen-bond donors (Lipinski definition) is 1. The van der Waals surface area contributed by atoms with Gasteiger partial charge in [-0.15, -0.1) is 0 Å². The molecule has 0 fully saturated rings. The van der Waals surface area contributed by atoms with E-state index in [-0.39, 0.29) is 18.0 Å². The minimum atomic E-state index is -0.323. The quantitative estimate of drug-likeness (QED) is 0.881. The van der Waals surface area contributed by atoms with Gasteiger partial charge in [-0.05, 0) is 12.1 Å². The van der Waals surface area contributed by atoms with E-state index in [1.54, 1.807) is 18.3 Å². The molecular weight excluding hydrogens is 266 g/mol. The number of carbonyl (C=O) groups is 1. The molecule has 0 saturated heterocycles. The Labute approximate surface area is 124 Å². The van der Waals surface area contributed by atoms with Crippen LogP contribution in [0.3, 0.4) is 0 Å². The highest BCUT2D eigenvalue weighted by Gasteiger charge is 2.11. The number of carbonyl (C=O) groups excluding carboxylic acids is 1. The third-order valence-electron chi connectivity index (χ3n) is 2.50. The first-order chi connectivity index (χ1) is 10.2. The van der Waals surface area contributed by atoms with Gasteiger partial charge in [0.25, 0.3) is 0 Å². The summed E-state index contributed by atoms with van der Waals surface area (Å²) in [6, 6.07) is 9.08. The van der Waals surface area contributed by atoms with E-state index >= 15 is 0 Å². The molecular formula is C16H17N3O2. The topological polar surface area (TPSA) is 56.2 Å². The Bertz CT molecular complexity index is 651. The lowest BCUT2D eigenvalue weighted by Gasteiger charge is -2.07. The average Bonchev–Trinajstić information content (AvgIpc) is 2.92. The molecule has 108 valence electrons. The molecule has 21 heavy (non-hydrogen) atoms. The maximum atomic E-state index is 12.0. The molecule has 0 radical (unpaired) electrons. The zero-order chi connectivity index (χ0) is 15.1. The summed E-state index contributed by atoms with van der Waals surface area (Å²) in [4.78, 5) is 16.1. The fraction of sp³-hybridized carbons (Fsp3) is 0.250. The molecule has 0 atom stereocenters. The SMILES string of the molecule is CC(C)C#CCNC(=O)n1ccnc1Oc1ccccc1. The van der Waals surface area contributed by atoms with Gasteiger partial charge in [-0.3, -0.25) is 0 Å². The minimum Gasteiger partial charge on any atom is -0.425 e. The number of ether oxygens (including phenoxy) is 1. The van der Waals surface area contributed by atoms with Gasteiger partial charge in [0.1, 0.15) is 5.75 Å². The highest BCUT2D eigenvalue weighted by molar-refractivity contribution is 5.78. The van der Waals surface area contributed by atoms with E-state index in [0.717, 1.165) is 0 Å². The van der Waals surface area contributed by atoms with Crippen molar-refractivity contribution in [3.05, 3.63) is 42.7 Å². The van der Waals surface area contributed by atoms with E-state index in [1.165, 1.54) is 10.8 Å². The van der Waals surface area contributed by atoms with Crippen molar-refractivity contribution in [2.24, 2.45) is 5.92 Å². The number of aromatic nitrogens is 2. The number of nitrogens with one attached hydrogen (secondary N) is 1. The van der Waals surface area contributed by atoms with Crippen molar-refractivity contribution in [1.82, 2.24) is 14.9 Å². The van der Waals surface area contributed by atoms with E-state index < -0.39 is 0 Å². The Balaban J connectivity index is 2.00. The number of hydrogen-bond acceptors (Lipinski definition) is 3. The third kappa shape index (κ3) is 4.39. The Morgan fingerprint density at radius 1 is 1.38 bits per heavy atom. The number of imidazole rings is 1. The lowest BCUT2D eigenvalue weighted by atomic mass is 10.2. The fourth-order valence-electron chi connectivity index (χ4n) is 1.57.